The van der Waals surface area contributed by atoms with Crippen LogP contribution in [0.5, 0.6) is 0 Å². The molecule has 1 aromatic rings. The fourth-order valence-electron chi connectivity index (χ4n) is 3.32. The highest BCUT2D eigenvalue weighted by atomic mass is 15.2. The lowest BCUT2D eigenvalue weighted by Crippen LogP contribution is -2.45. The van der Waals surface area contributed by atoms with Crippen molar-refractivity contribution in [2.75, 3.05) is 13.1 Å². The minimum atomic E-state index is 0.167. The molecule has 0 saturated carbocycles. The molecule has 1 aromatic heterocycles. The van der Waals surface area contributed by atoms with Crippen LogP contribution >= 0.6 is 0 Å². The zero-order valence-corrected chi connectivity index (χ0v) is 13.1. The highest BCUT2D eigenvalue weighted by molar-refractivity contribution is 5.12. The Hall–Kier alpha value is -0.930. The van der Waals surface area contributed by atoms with Crippen molar-refractivity contribution in [2.45, 2.75) is 52.1 Å². The number of nitrogens with zero attached hydrogens (tertiary/aromatic N) is 2. The second-order valence-electron chi connectivity index (χ2n) is 6.39. The summed E-state index contributed by atoms with van der Waals surface area (Å²) in [4.78, 5) is 7.11. The van der Waals surface area contributed by atoms with Gasteiger partial charge >= 0.3 is 0 Å². The molecule has 20 heavy (non-hydrogen) atoms. The summed E-state index contributed by atoms with van der Waals surface area (Å²) in [5.41, 5.74) is 7.52. The van der Waals surface area contributed by atoms with E-state index < -0.39 is 0 Å². The van der Waals surface area contributed by atoms with E-state index in [2.05, 4.69) is 42.8 Å². The maximum atomic E-state index is 6.39. The van der Waals surface area contributed by atoms with Gasteiger partial charge in [0.05, 0.1) is 11.7 Å². The van der Waals surface area contributed by atoms with E-state index in [1.165, 1.54) is 12.8 Å². The third kappa shape index (κ3) is 3.58. The highest BCUT2D eigenvalue weighted by Crippen LogP contribution is 2.31. The molecule has 112 valence electrons. The second-order valence-corrected chi connectivity index (χ2v) is 6.39. The van der Waals surface area contributed by atoms with Crippen LogP contribution in [0.25, 0.3) is 0 Å². The van der Waals surface area contributed by atoms with Gasteiger partial charge in [-0.05, 0) is 56.3 Å². The first-order valence-corrected chi connectivity index (χ1v) is 8.04. The predicted molar refractivity (Wildman–Crippen MR) is 84.4 cm³/mol. The molecule has 0 amide bonds. The fourth-order valence-corrected chi connectivity index (χ4v) is 3.32. The summed E-state index contributed by atoms with van der Waals surface area (Å²) in [5, 5.41) is 0. The molecule has 0 bridgehead atoms. The maximum Gasteiger partial charge on any atom is 0.0673 e. The minimum Gasteiger partial charge on any atom is -0.326 e. The lowest BCUT2D eigenvalue weighted by molar-refractivity contribution is 0.0972. The van der Waals surface area contributed by atoms with E-state index in [9.17, 15) is 0 Å². The third-order valence-electron chi connectivity index (χ3n) is 4.78. The van der Waals surface area contributed by atoms with Gasteiger partial charge in [0, 0.05) is 12.2 Å². The van der Waals surface area contributed by atoms with E-state index in [0.717, 1.165) is 37.0 Å². The summed E-state index contributed by atoms with van der Waals surface area (Å²) in [7, 11) is 0. The van der Waals surface area contributed by atoms with Gasteiger partial charge in [-0.1, -0.05) is 26.8 Å². The van der Waals surface area contributed by atoms with E-state index in [-0.39, 0.29) is 12.1 Å². The van der Waals surface area contributed by atoms with Gasteiger partial charge in [-0.15, -0.1) is 0 Å². The summed E-state index contributed by atoms with van der Waals surface area (Å²) in [6.45, 7) is 9.15. The average Bonchev–Trinajstić information content (AvgIpc) is 2.49. The molecule has 2 atom stereocenters. The summed E-state index contributed by atoms with van der Waals surface area (Å²) >= 11 is 0. The lowest BCUT2D eigenvalue weighted by atomic mass is 9.85. The first-order chi connectivity index (χ1) is 9.63. The van der Waals surface area contributed by atoms with Gasteiger partial charge in [-0.3, -0.25) is 9.88 Å². The molecule has 2 rings (SSSR count). The molecule has 0 aliphatic carbocycles. The fraction of sp³-hybridized carbons (Fsp3) is 0.706. The van der Waals surface area contributed by atoms with Crippen molar-refractivity contribution < 1.29 is 0 Å². The van der Waals surface area contributed by atoms with Gasteiger partial charge < -0.3 is 5.73 Å². The van der Waals surface area contributed by atoms with Gasteiger partial charge in [0.25, 0.3) is 0 Å². The summed E-state index contributed by atoms with van der Waals surface area (Å²) in [6, 6.07) is 6.60. The van der Waals surface area contributed by atoms with Crippen LogP contribution in [-0.4, -0.2) is 29.0 Å². The zero-order valence-electron chi connectivity index (χ0n) is 13.1. The second kappa shape index (κ2) is 7.19. The van der Waals surface area contributed by atoms with Crippen LogP contribution in [0.3, 0.4) is 0 Å². The molecule has 2 unspecified atom stereocenters. The molecule has 0 radical (unpaired) electrons. The molecule has 3 nitrogen and oxygen atoms in total. The van der Waals surface area contributed by atoms with E-state index in [1.54, 1.807) is 0 Å². The molecule has 1 aliphatic heterocycles. The van der Waals surface area contributed by atoms with Gasteiger partial charge in [0.15, 0.2) is 0 Å². The van der Waals surface area contributed by atoms with Crippen molar-refractivity contribution >= 4 is 0 Å². The Morgan fingerprint density at radius 2 is 2.00 bits per heavy atom. The zero-order chi connectivity index (χ0) is 14.5. The standard InChI is InChI=1S/C17H29N3/c1-4-15(18)17(16-7-5-6-10-19-16)20-11-8-14(9-12-20)13(2)3/h5-7,10,13-15,17H,4,8-9,11-12,18H2,1-3H3. The molecule has 0 aromatic carbocycles. The average molecular weight is 275 g/mol. The van der Waals surface area contributed by atoms with Crippen LogP contribution < -0.4 is 5.73 Å². The van der Waals surface area contributed by atoms with Crippen molar-refractivity contribution in [3.05, 3.63) is 30.1 Å². The summed E-state index contributed by atoms with van der Waals surface area (Å²) < 4.78 is 0. The first kappa shape index (κ1) is 15.5. The first-order valence-electron chi connectivity index (χ1n) is 8.04. The van der Waals surface area contributed by atoms with E-state index >= 15 is 0 Å². The van der Waals surface area contributed by atoms with Crippen molar-refractivity contribution in [1.29, 1.82) is 0 Å². The van der Waals surface area contributed by atoms with Crippen LogP contribution in [0.2, 0.25) is 0 Å². The highest BCUT2D eigenvalue weighted by Gasteiger charge is 2.30. The maximum absolute atomic E-state index is 6.39. The number of pyridine rings is 1. The molecule has 3 heteroatoms. The predicted octanol–water partition coefficient (Wildman–Crippen LogP) is 3.23. The number of rotatable bonds is 5. The quantitative estimate of drug-likeness (QED) is 0.897. The van der Waals surface area contributed by atoms with Crippen LogP contribution in [0.1, 0.15) is 51.8 Å². The lowest BCUT2D eigenvalue weighted by Gasteiger charge is -2.40. The Morgan fingerprint density at radius 1 is 1.30 bits per heavy atom. The molecule has 2 heterocycles. The Balaban J connectivity index is 2.09. The monoisotopic (exact) mass is 275 g/mol. The van der Waals surface area contributed by atoms with Gasteiger partial charge in [-0.25, -0.2) is 0 Å². The Labute approximate surface area is 123 Å². The van der Waals surface area contributed by atoms with Gasteiger partial charge in [0.1, 0.15) is 0 Å². The summed E-state index contributed by atoms with van der Waals surface area (Å²) in [6.07, 6.45) is 5.45. The molecule has 2 N–H and O–H groups in total. The Morgan fingerprint density at radius 3 is 2.50 bits per heavy atom. The smallest absolute Gasteiger partial charge is 0.0673 e. The van der Waals surface area contributed by atoms with Gasteiger partial charge in [-0.2, -0.15) is 0 Å². The number of hydrogen-bond donors (Lipinski definition) is 1. The Kier molecular flexibility index (Phi) is 5.55. The molecule has 1 saturated heterocycles. The number of likely N-dealkylation sites (tertiary alicyclic amines) is 1. The number of hydrogen-bond acceptors (Lipinski definition) is 3. The van der Waals surface area contributed by atoms with Crippen LogP contribution in [-0.2, 0) is 0 Å². The van der Waals surface area contributed by atoms with E-state index in [0.29, 0.717) is 0 Å². The number of nitrogens with two attached hydrogens (primary N) is 1. The number of piperidine rings is 1. The van der Waals surface area contributed by atoms with E-state index in [1.807, 2.05) is 12.3 Å². The van der Waals surface area contributed by atoms with Crippen LogP contribution in [0.15, 0.2) is 24.4 Å². The Bertz CT molecular complexity index is 382. The molecule has 1 fully saturated rings. The normalized spacial score (nSPS) is 21.1. The van der Waals surface area contributed by atoms with Crippen LogP contribution in [0.4, 0.5) is 0 Å². The minimum absolute atomic E-state index is 0.167. The number of aromatic nitrogens is 1. The summed E-state index contributed by atoms with van der Waals surface area (Å²) in [5.74, 6) is 1.67. The van der Waals surface area contributed by atoms with Crippen molar-refractivity contribution in [1.82, 2.24) is 9.88 Å². The van der Waals surface area contributed by atoms with Crippen molar-refractivity contribution in [3.8, 4) is 0 Å². The molecule has 0 spiro atoms. The van der Waals surface area contributed by atoms with Crippen LogP contribution in [0, 0.1) is 11.8 Å². The van der Waals surface area contributed by atoms with E-state index in [4.69, 9.17) is 5.73 Å². The topological polar surface area (TPSA) is 42.1 Å². The van der Waals surface area contributed by atoms with Gasteiger partial charge in [0.2, 0.25) is 0 Å². The molecular weight excluding hydrogens is 246 g/mol. The van der Waals surface area contributed by atoms with Crippen molar-refractivity contribution in [3.63, 3.8) is 0 Å². The largest absolute Gasteiger partial charge is 0.326 e. The molecule has 1 aliphatic rings. The third-order valence-corrected chi connectivity index (χ3v) is 4.78. The SMILES string of the molecule is CCC(N)C(c1ccccn1)N1CCC(C(C)C)CC1. The van der Waals surface area contributed by atoms with Crippen molar-refractivity contribution in [2.24, 2.45) is 17.6 Å². The molecular formula is C17H29N3.